The Labute approximate surface area is 158 Å². The zero-order chi connectivity index (χ0) is 21.9. The van der Waals surface area contributed by atoms with Gasteiger partial charge in [-0.15, -0.1) is 13.2 Å². The second-order valence-corrected chi connectivity index (χ2v) is 5.77. The fraction of sp³-hybridized carbons (Fsp3) is 0.294. The van der Waals surface area contributed by atoms with Crippen molar-refractivity contribution >= 4 is 5.69 Å². The molecule has 0 aliphatic carbocycles. The van der Waals surface area contributed by atoms with Gasteiger partial charge in [-0.2, -0.15) is 23.4 Å². The molecule has 0 bridgehead atoms. The topological polar surface area (TPSA) is 43.2 Å². The Hall–Kier alpha value is -2.92. The lowest BCUT2D eigenvalue weighted by Crippen LogP contribution is -2.20. The third-order valence-corrected chi connectivity index (χ3v) is 3.09. The van der Waals surface area contributed by atoms with Crippen LogP contribution in [0.1, 0.15) is 12.5 Å². The predicted octanol–water partition coefficient (Wildman–Crippen LogP) is 7.14. The Morgan fingerprint density at radius 2 is 1.41 bits per heavy atom. The van der Waals surface area contributed by atoms with Gasteiger partial charge < -0.3 is 9.47 Å². The second kappa shape index (κ2) is 8.21. The lowest BCUT2D eigenvalue weighted by Gasteiger charge is -2.16. The van der Waals surface area contributed by atoms with Gasteiger partial charge in [-0.3, -0.25) is 0 Å². The molecule has 0 radical (unpaired) electrons. The molecule has 158 valence electrons. The van der Waals surface area contributed by atoms with Gasteiger partial charge in [-0.25, -0.2) is 8.78 Å². The molecule has 4 nitrogen and oxygen atoms in total. The Kier molecular flexibility index (Phi) is 6.34. The first-order valence-corrected chi connectivity index (χ1v) is 7.73. The van der Waals surface area contributed by atoms with Gasteiger partial charge in [-0.1, -0.05) is 0 Å². The Morgan fingerprint density at radius 3 is 1.93 bits per heavy atom. The lowest BCUT2D eigenvalue weighted by atomic mass is 10.2. The van der Waals surface area contributed by atoms with Gasteiger partial charge in [0.05, 0.1) is 5.69 Å². The first-order chi connectivity index (χ1) is 13.2. The minimum Gasteiger partial charge on any atom is -0.457 e. The summed E-state index contributed by atoms with van der Waals surface area (Å²) in [7, 11) is 0. The molecule has 0 saturated carbocycles. The molecule has 29 heavy (non-hydrogen) atoms. The molecule has 2 aromatic carbocycles. The van der Waals surface area contributed by atoms with Gasteiger partial charge in [-0.05, 0) is 42.5 Å². The van der Waals surface area contributed by atoms with Crippen LogP contribution in [0.25, 0.3) is 0 Å². The summed E-state index contributed by atoms with van der Waals surface area (Å²) in [6.45, 7) is -0.152. The van der Waals surface area contributed by atoms with Crippen LogP contribution in [0.15, 0.2) is 52.7 Å². The standard InChI is InChI=1S/C17H12F8N2O2/c1-15(18,19)9-26-27-10-2-4-11(5-3-10)28-12-6-7-14(29-17(23,24)25)13(8-12)16(20,21)22/h2-8H,9H2,1H3. The summed E-state index contributed by atoms with van der Waals surface area (Å²) in [5.74, 6) is -4.81. The van der Waals surface area contributed by atoms with E-state index in [1.54, 1.807) is 0 Å². The minimum absolute atomic E-state index is 0.0300. The van der Waals surface area contributed by atoms with E-state index in [0.29, 0.717) is 19.1 Å². The van der Waals surface area contributed by atoms with Gasteiger partial charge in [0, 0.05) is 6.92 Å². The van der Waals surface area contributed by atoms with Crippen molar-refractivity contribution in [1.82, 2.24) is 0 Å². The van der Waals surface area contributed by atoms with Crippen LogP contribution in [0, 0.1) is 0 Å². The molecule has 12 heteroatoms. The second-order valence-electron chi connectivity index (χ2n) is 5.77. The van der Waals surface area contributed by atoms with Gasteiger partial charge >= 0.3 is 12.5 Å². The quantitative estimate of drug-likeness (QED) is 0.363. The molecule has 0 spiro atoms. The van der Waals surface area contributed by atoms with Crippen LogP contribution in [-0.2, 0) is 6.18 Å². The first-order valence-electron chi connectivity index (χ1n) is 7.73. The molecule has 0 aromatic heterocycles. The largest absolute Gasteiger partial charge is 0.573 e. The smallest absolute Gasteiger partial charge is 0.457 e. The van der Waals surface area contributed by atoms with Crippen LogP contribution in [0.4, 0.5) is 40.8 Å². The van der Waals surface area contributed by atoms with Crippen LogP contribution < -0.4 is 9.47 Å². The van der Waals surface area contributed by atoms with E-state index < -0.39 is 42.1 Å². The molecule has 0 heterocycles. The van der Waals surface area contributed by atoms with Crippen molar-refractivity contribution in [3.8, 4) is 17.2 Å². The normalized spacial score (nSPS) is 13.0. The Balaban J connectivity index is 2.17. The van der Waals surface area contributed by atoms with Crippen molar-refractivity contribution in [2.75, 3.05) is 6.54 Å². The van der Waals surface area contributed by atoms with Crippen molar-refractivity contribution < 1.29 is 44.6 Å². The maximum Gasteiger partial charge on any atom is 0.573 e. The summed E-state index contributed by atoms with van der Waals surface area (Å²) in [5, 5.41) is 6.86. The highest BCUT2D eigenvalue weighted by Gasteiger charge is 2.39. The molecule has 0 aliphatic rings. The summed E-state index contributed by atoms with van der Waals surface area (Å²) < 4.78 is 110. The zero-order valence-electron chi connectivity index (χ0n) is 14.5. The lowest BCUT2D eigenvalue weighted by molar-refractivity contribution is -0.276. The van der Waals surface area contributed by atoms with E-state index in [4.69, 9.17) is 4.74 Å². The monoisotopic (exact) mass is 428 g/mol. The zero-order valence-corrected chi connectivity index (χ0v) is 14.5. The van der Waals surface area contributed by atoms with E-state index >= 15 is 0 Å². The van der Waals surface area contributed by atoms with Gasteiger partial charge in [0.2, 0.25) is 0 Å². The predicted molar refractivity (Wildman–Crippen MR) is 84.6 cm³/mol. The van der Waals surface area contributed by atoms with E-state index in [1.807, 2.05) is 0 Å². The summed E-state index contributed by atoms with van der Waals surface area (Å²) in [6, 6.07) is 6.86. The molecule has 0 aliphatic heterocycles. The fourth-order valence-corrected chi connectivity index (χ4v) is 1.97. The summed E-state index contributed by atoms with van der Waals surface area (Å²) in [6.07, 6.45) is -10.4. The number of benzene rings is 2. The van der Waals surface area contributed by atoms with Crippen LogP contribution in [0.5, 0.6) is 17.2 Å². The van der Waals surface area contributed by atoms with Gasteiger partial charge in [0.1, 0.15) is 29.4 Å². The number of rotatable bonds is 6. The minimum atomic E-state index is -5.30. The van der Waals surface area contributed by atoms with E-state index in [9.17, 15) is 35.1 Å². The molecule has 0 saturated heterocycles. The van der Waals surface area contributed by atoms with Crippen molar-refractivity contribution in [3.05, 3.63) is 48.0 Å². The number of nitrogens with zero attached hydrogens (tertiary/aromatic N) is 2. The highest BCUT2D eigenvalue weighted by atomic mass is 19.4. The van der Waals surface area contributed by atoms with Crippen LogP contribution in [-0.4, -0.2) is 18.8 Å². The van der Waals surface area contributed by atoms with E-state index in [2.05, 4.69) is 15.0 Å². The number of hydrogen-bond acceptors (Lipinski definition) is 4. The van der Waals surface area contributed by atoms with E-state index in [-0.39, 0.29) is 11.4 Å². The molecule has 2 aromatic rings. The molecule has 0 unspecified atom stereocenters. The maximum absolute atomic E-state index is 13.0. The molecule has 0 amide bonds. The summed E-state index contributed by atoms with van der Waals surface area (Å²) >= 11 is 0. The number of halogens is 8. The third-order valence-electron chi connectivity index (χ3n) is 3.09. The summed E-state index contributed by atoms with van der Waals surface area (Å²) in [4.78, 5) is 0. The Morgan fingerprint density at radius 1 is 0.828 bits per heavy atom. The fourth-order valence-electron chi connectivity index (χ4n) is 1.97. The number of alkyl halides is 8. The SMILES string of the molecule is CC(F)(F)CN=Nc1ccc(Oc2ccc(OC(F)(F)F)c(C(F)(F)F)c2)cc1. The number of azo groups is 1. The molecule has 2 rings (SSSR count). The third kappa shape index (κ3) is 7.54. The Bertz CT molecular complexity index is 856. The van der Waals surface area contributed by atoms with E-state index in [1.165, 1.54) is 24.3 Å². The number of ether oxygens (including phenoxy) is 2. The van der Waals surface area contributed by atoms with Crippen LogP contribution in [0.3, 0.4) is 0 Å². The number of hydrogen-bond donors (Lipinski definition) is 0. The average molecular weight is 428 g/mol. The van der Waals surface area contributed by atoms with E-state index in [0.717, 1.165) is 6.07 Å². The van der Waals surface area contributed by atoms with Crippen molar-refractivity contribution in [1.29, 1.82) is 0 Å². The molecular weight excluding hydrogens is 416 g/mol. The first kappa shape index (κ1) is 22.4. The average Bonchev–Trinajstić information content (AvgIpc) is 2.54. The molecule has 0 atom stereocenters. The summed E-state index contributed by atoms with van der Waals surface area (Å²) in [5.41, 5.74) is -1.48. The van der Waals surface area contributed by atoms with Gasteiger partial charge in [0.25, 0.3) is 5.92 Å². The van der Waals surface area contributed by atoms with Crippen molar-refractivity contribution in [3.63, 3.8) is 0 Å². The van der Waals surface area contributed by atoms with Crippen molar-refractivity contribution in [2.24, 2.45) is 10.2 Å². The molecular formula is C17H12F8N2O2. The highest BCUT2D eigenvalue weighted by Crippen LogP contribution is 2.41. The van der Waals surface area contributed by atoms with Crippen LogP contribution in [0.2, 0.25) is 0 Å². The molecule has 0 fully saturated rings. The molecule has 0 N–H and O–H groups in total. The van der Waals surface area contributed by atoms with Crippen molar-refractivity contribution in [2.45, 2.75) is 25.4 Å². The van der Waals surface area contributed by atoms with Gasteiger partial charge in [0.15, 0.2) is 0 Å². The maximum atomic E-state index is 13.0. The van der Waals surface area contributed by atoms with Crippen LogP contribution >= 0.6 is 0 Å². The highest BCUT2D eigenvalue weighted by molar-refractivity contribution is 5.45.